The first kappa shape index (κ1) is 30.9. The number of amides is 1. The maximum Gasteiger partial charge on any atom is 0.237 e. The Bertz CT molecular complexity index is 1540. The largest absolute Gasteiger partial charge is 0.493 e. The highest BCUT2D eigenvalue weighted by Gasteiger charge is 2.23. The molecule has 4 aromatic rings. The summed E-state index contributed by atoms with van der Waals surface area (Å²) >= 11 is 7.33. The van der Waals surface area contributed by atoms with E-state index < -0.39 is 5.25 Å². The van der Waals surface area contributed by atoms with Crippen LogP contribution in [-0.2, 0) is 4.79 Å². The molecule has 3 aromatic carbocycles. The van der Waals surface area contributed by atoms with Crippen molar-refractivity contribution in [3.8, 4) is 45.5 Å². The van der Waals surface area contributed by atoms with Gasteiger partial charge in [-0.1, -0.05) is 36.4 Å². The standard InChI is InChI=1S/C31H33ClN4O5S/c1-6-27(30(37)33-22-11-9-10-21(32)18-22)42-31-34-28(19-12-14-23(40-7-2)25(16-19)38-4)29(35-36-31)20-13-15-24(41-8-3)26(17-20)39-5/h9-18,27H,6-8H2,1-5H3,(H,33,37). The minimum atomic E-state index is -0.468. The molecule has 0 aliphatic heterocycles. The molecule has 0 fully saturated rings. The van der Waals surface area contributed by atoms with Crippen LogP contribution in [0.3, 0.4) is 0 Å². The van der Waals surface area contributed by atoms with E-state index in [0.29, 0.717) is 69.9 Å². The van der Waals surface area contributed by atoms with Crippen LogP contribution in [0.2, 0.25) is 5.02 Å². The number of methoxy groups -OCH3 is 2. The van der Waals surface area contributed by atoms with Gasteiger partial charge < -0.3 is 24.3 Å². The zero-order valence-electron chi connectivity index (χ0n) is 24.1. The van der Waals surface area contributed by atoms with Crippen molar-refractivity contribution in [1.29, 1.82) is 0 Å². The van der Waals surface area contributed by atoms with E-state index in [9.17, 15) is 4.79 Å². The van der Waals surface area contributed by atoms with Crippen LogP contribution < -0.4 is 24.3 Å². The monoisotopic (exact) mass is 608 g/mol. The predicted octanol–water partition coefficient (Wildman–Crippen LogP) is 7.18. The van der Waals surface area contributed by atoms with Gasteiger partial charge in [-0.15, -0.1) is 10.2 Å². The van der Waals surface area contributed by atoms with Gasteiger partial charge in [0.15, 0.2) is 23.0 Å². The topological polar surface area (TPSA) is 105 Å². The third-order valence-corrected chi connectivity index (χ3v) is 7.59. The number of benzene rings is 3. The molecule has 1 amide bonds. The molecule has 0 radical (unpaired) electrons. The molecule has 11 heteroatoms. The van der Waals surface area contributed by atoms with Crippen LogP contribution in [0, 0.1) is 0 Å². The lowest BCUT2D eigenvalue weighted by molar-refractivity contribution is -0.115. The van der Waals surface area contributed by atoms with E-state index in [0.717, 1.165) is 11.1 Å². The summed E-state index contributed by atoms with van der Waals surface area (Å²) in [5.74, 6) is 2.18. The number of carbonyl (C=O) groups excluding carboxylic acids is 1. The fourth-order valence-corrected chi connectivity index (χ4v) is 5.18. The van der Waals surface area contributed by atoms with Gasteiger partial charge in [-0.05, 0) is 74.9 Å². The first-order valence-electron chi connectivity index (χ1n) is 13.5. The molecule has 1 N–H and O–H groups in total. The van der Waals surface area contributed by atoms with Gasteiger partial charge in [0.2, 0.25) is 11.1 Å². The van der Waals surface area contributed by atoms with Crippen molar-refractivity contribution >= 4 is 35.0 Å². The number of halogens is 1. The Kier molecular flexibility index (Phi) is 10.9. The Morgan fingerprint density at radius 3 is 2.00 bits per heavy atom. The molecule has 0 saturated carbocycles. The number of rotatable bonds is 13. The Labute approximate surface area is 254 Å². The number of aromatic nitrogens is 3. The first-order chi connectivity index (χ1) is 20.4. The number of nitrogens with one attached hydrogen (secondary N) is 1. The molecule has 220 valence electrons. The molecule has 1 aromatic heterocycles. The summed E-state index contributed by atoms with van der Waals surface area (Å²) in [6, 6.07) is 18.2. The zero-order valence-corrected chi connectivity index (χ0v) is 25.7. The third-order valence-electron chi connectivity index (χ3n) is 6.14. The van der Waals surface area contributed by atoms with Crippen LogP contribution in [-0.4, -0.2) is 53.8 Å². The van der Waals surface area contributed by atoms with E-state index in [1.165, 1.54) is 11.8 Å². The zero-order chi connectivity index (χ0) is 30.1. The lowest BCUT2D eigenvalue weighted by Gasteiger charge is -2.16. The smallest absolute Gasteiger partial charge is 0.237 e. The summed E-state index contributed by atoms with van der Waals surface area (Å²) in [4.78, 5) is 18.0. The van der Waals surface area contributed by atoms with E-state index in [1.807, 2.05) is 57.2 Å². The first-order valence-corrected chi connectivity index (χ1v) is 14.8. The second-order valence-corrected chi connectivity index (χ2v) is 10.5. The molecule has 42 heavy (non-hydrogen) atoms. The van der Waals surface area contributed by atoms with Gasteiger partial charge in [-0.25, -0.2) is 4.98 Å². The van der Waals surface area contributed by atoms with Crippen LogP contribution in [0.25, 0.3) is 22.5 Å². The van der Waals surface area contributed by atoms with E-state index in [4.69, 9.17) is 35.5 Å². The molecule has 0 bridgehead atoms. The van der Waals surface area contributed by atoms with Crippen LogP contribution in [0.1, 0.15) is 27.2 Å². The van der Waals surface area contributed by atoms with E-state index in [2.05, 4.69) is 15.5 Å². The number of thioether (sulfide) groups is 1. The normalized spacial score (nSPS) is 11.5. The van der Waals surface area contributed by atoms with Crippen molar-refractivity contribution in [3.63, 3.8) is 0 Å². The SMILES string of the molecule is CCOc1ccc(-c2nnc(SC(CC)C(=O)Nc3cccc(Cl)c3)nc2-c2ccc(OCC)c(OC)c2)cc1OC. The molecular weight excluding hydrogens is 576 g/mol. The fraction of sp³-hybridized carbons (Fsp3) is 0.290. The highest BCUT2D eigenvalue weighted by molar-refractivity contribution is 8.00. The van der Waals surface area contributed by atoms with E-state index >= 15 is 0 Å². The van der Waals surface area contributed by atoms with Gasteiger partial charge in [0, 0.05) is 21.8 Å². The van der Waals surface area contributed by atoms with Crippen LogP contribution >= 0.6 is 23.4 Å². The molecule has 9 nitrogen and oxygen atoms in total. The van der Waals surface area contributed by atoms with Crippen molar-refractivity contribution in [1.82, 2.24) is 15.2 Å². The fourth-order valence-electron chi connectivity index (χ4n) is 4.17. The third kappa shape index (κ3) is 7.43. The number of hydrogen-bond acceptors (Lipinski definition) is 9. The second kappa shape index (κ2) is 14.7. The Hall–Kier alpha value is -4.02. The van der Waals surface area contributed by atoms with Gasteiger partial charge in [0.25, 0.3) is 0 Å². The molecular formula is C31H33ClN4O5S. The quantitative estimate of drug-likeness (QED) is 0.158. The minimum Gasteiger partial charge on any atom is -0.493 e. The predicted molar refractivity (Wildman–Crippen MR) is 166 cm³/mol. The number of anilines is 1. The summed E-state index contributed by atoms with van der Waals surface area (Å²) in [7, 11) is 3.17. The minimum absolute atomic E-state index is 0.182. The summed E-state index contributed by atoms with van der Waals surface area (Å²) in [5, 5.41) is 12.3. The van der Waals surface area contributed by atoms with Gasteiger partial charge in [-0.3, -0.25) is 4.79 Å². The summed E-state index contributed by atoms with van der Waals surface area (Å²) in [5.41, 5.74) is 3.19. The molecule has 0 saturated heterocycles. The number of nitrogens with zero attached hydrogens (tertiary/aromatic N) is 3. The number of ether oxygens (including phenoxy) is 4. The summed E-state index contributed by atoms with van der Waals surface area (Å²) in [6.07, 6.45) is 0.546. The summed E-state index contributed by atoms with van der Waals surface area (Å²) < 4.78 is 22.6. The van der Waals surface area contributed by atoms with Crippen LogP contribution in [0.15, 0.2) is 65.8 Å². The molecule has 0 spiro atoms. The van der Waals surface area contributed by atoms with Crippen molar-refractivity contribution in [3.05, 3.63) is 65.7 Å². The average molecular weight is 609 g/mol. The number of carbonyl (C=O) groups is 1. The molecule has 0 aliphatic carbocycles. The Balaban J connectivity index is 1.75. The van der Waals surface area contributed by atoms with Gasteiger partial charge in [0.05, 0.1) is 32.7 Å². The number of hydrogen-bond donors (Lipinski definition) is 1. The van der Waals surface area contributed by atoms with Crippen molar-refractivity contribution in [2.45, 2.75) is 37.6 Å². The van der Waals surface area contributed by atoms with E-state index in [1.54, 1.807) is 38.5 Å². The van der Waals surface area contributed by atoms with E-state index in [-0.39, 0.29) is 5.91 Å². The van der Waals surface area contributed by atoms with Crippen molar-refractivity contribution in [2.75, 3.05) is 32.8 Å². The Morgan fingerprint density at radius 2 is 1.45 bits per heavy atom. The molecule has 0 aliphatic rings. The molecule has 1 heterocycles. The lowest BCUT2D eigenvalue weighted by atomic mass is 10.0. The highest BCUT2D eigenvalue weighted by Crippen LogP contribution is 2.39. The van der Waals surface area contributed by atoms with Crippen LogP contribution in [0.5, 0.6) is 23.0 Å². The lowest BCUT2D eigenvalue weighted by Crippen LogP contribution is -2.25. The maximum atomic E-state index is 13.1. The second-order valence-electron chi connectivity index (χ2n) is 8.90. The van der Waals surface area contributed by atoms with Crippen molar-refractivity contribution < 1.29 is 23.7 Å². The Morgan fingerprint density at radius 1 is 0.833 bits per heavy atom. The van der Waals surface area contributed by atoms with Gasteiger partial charge in [0.1, 0.15) is 11.4 Å². The van der Waals surface area contributed by atoms with Crippen LogP contribution in [0.4, 0.5) is 5.69 Å². The average Bonchev–Trinajstić information content (AvgIpc) is 3.00. The molecule has 4 rings (SSSR count). The molecule has 1 unspecified atom stereocenters. The summed E-state index contributed by atoms with van der Waals surface area (Å²) in [6.45, 7) is 6.76. The van der Waals surface area contributed by atoms with Crippen molar-refractivity contribution in [2.24, 2.45) is 0 Å². The maximum absolute atomic E-state index is 13.1. The highest BCUT2D eigenvalue weighted by atomic mass is 35.5. The van der Waals surface area contributed by atoms with Gasteiger partial charge in [-0.2, -0.15) is 0 Å². The van der Waals surface area contributed by atoms with Gasteiger partial charge >= 0.3 is 0 Å². The molecule has 1 atom stereocenters.